The van der Waals surface area contributed by atoms with E-state index in [0.717, 1.165) is 37.1 Å². The molecule has 10 heteroatoms. The van der Waals surface area contributed by atoms with Gasteiger partial charge in [0.05, 0.1) is 23.4 Å². The average molecular weight is 502 g/mol. The van der Waals surface area contributed by atoms with Gasteiger partial charge in [0.2, 0.25) is 0 Å². The Morgan fingerprint density at radius 1 is 1.29 bits per heavy atom. The largest absolute Gasteiger partial charge is 0.507 e. The van der Waals surface area contributed by atoms with Crippen LogP contribution in [0.4, 0.5) is 9.18 Å². The third-order valence-corrected chi connectivity index (χ3v) is 6.10. The van der Waals surface area contributed by atoms with Crippen molar-refractivity contribution in [2.24, 2.45) is 0 Å². The van der Waals surface area contributed by atoms with Gasteiger partial charge in [0, 0.05) is 25.0 Å². The molecule has 0 bridgehead atoms. The van der Waals surface area contributed by atoms with Crippen LogP contribution in [-0.4, -0.2) is 46.2 Å². The quantitative estimate of drug-likeness (QED) is 0.517. The smallest absolute Gasteiger partial charge is 0.410 e. The lowest BCUT2D eigenvalue weighted by Gasteiger charge is -2.25. The van der Waals surface area contributed by atoms with Crippen LogP contribution in [0.15, 0.2) is 47.0 Å². The number of halogens is 2. The molecule has 2 fully saturated rings. The Morgan fingerprint density at radius 2 is 2.06 bits per heavy atom. The molecule has 2 aliphatic rings. The number of hydrogen-bond donors (Lipinski definition) is 2. The first-order valence-corrected chi connectivity index (χ1v) is 11.6. The monoisotopic (exact) mass is 501 g/mol. The molecule has 2 N–H and O–H groups in total. The summed E-state index contributed by atoms with van der Waals surface area (Å²) in [5.74, 6) is -1.06. The molecule has 3 heterocycles. The van der Waals surface area contributed by atoms with Crippen molar-refractivity contribution in [3.05, 3.63) is 70.5 Å². The number of cyclic esters (lactones) is 1. The Kier molecular flexibility index (Phi) is 7.55. The third-order valence-electron chi connectivity index (χ3n) is 5.84. The van der Waals surface area contributed by atoms with Crippen molar-refractivity contribution in [2.75, 3.05) is 13.2 Å². The van der Waals surface area contributed by atoms with Crippen molar-refractivity contribution in [1.29, 1.82) is 0 Å². The normalized spacial score (nSPS) is 16.7. The van der Waals surface area contributed by atoms with E-state index in [-0.39, 0.29) is 35.3 Å². The van der Waals surface area contributed by atoms with Gasteiger partial charge in [-0.1, -0.05) is 23.7 Å². The molecule has 2 aliphatic heterocycles. The molecule has 0 radical (unpaired) electrons. The number of carbonyl (C=O) groups is 2. The van der Waals surface area contributed by atoms with E-state index in [1.807, 2.05) is 4.90 Å². The molecule has 2 saturated heterocycles. The Balaban J connectivity index is 0.000000239. The second kappa shape index (κ2) is 10.8. The van der Waals surface area contributed by atoms with Crippen molar-refractivity contribution in [1.82, 2.24) is 15.2 Å². The fourth-order valence-electron chi connectivity index (χ4n) is 3.96. The summed E-state index contributed by atoms with van der Waals surface area (Å²) in [6.45, 7) is 3.37. The van der Waals surface area contributed by atoms with Crippen LogP contribution in [0.25, 0.3) is 11.3 Å². The van der Waals surface area contributed by atoms with E-state index < -0.39 is 11.7 Å². The van der Waals surface area contributed by atoms with Crippen LogP contribution in [0, 0.1) is 12.7 Å². The van der Waals surface area contributed by atoms with Gasteiger partial charge >= 0.3 is 6.09 Å². The summed E-state index contributed by atoms with van der Waals surface area (Å²) in [6.07, 6.45) is 4.80. The molecule has 8 nitrogen and oxygen atoms in total. The van der Waals surface area contributed by atoms with Crippen LogP contribution >= 0.6 is 11.6 Å². The Bertz CT molecular complexity index is 1210. The minimum atomic E-state index is -0.768. The lowest BCUT2D eigenvalue weighted by atomic mass is 10.0. The fourth-order valence-corrected chi connectivity index (χ4v) is 4.09. The number of fused-ring (bicyclic) bond motifs is 1. The van der Waals surface area contributed by atoms with Gasteiger partial charge < -0.3 is 24.5 Å². The van der Waals surface area contributed by atoms with Crippen molar-refractivity contribution in [3.8, 4) is 17.1 Å². The maximum absolute atomic E-state index is 14.3. The number of benzene rings is 2. The number of aromatic hydroxyl groups is 1. The summed E-state index contributed by atoms with van der Waals surface area (Å²) in [5, 5.41) is 13.3. The molecule has 35 heavy (non-hydrogen) atoms. The predicted octanol–water partition coefficient (Wildman–Crippen LogP) is 5.07. The maximum atomic E-state index is 14.3. The number of phenolic OH excluding ortho intramolecular Hbond substituents is 1. The maximum Gasteiger partial charge on any atom is 0.410 e. The number of oxazole rings is 1. The van der Waals surface area contributed by atoms with Gasteiger partial charge in [0.25, 0.3) is 5.91 Å². The summed E-state index contributed by atoms with van der Waals surface area (Å²) >= 11 is 5.80. The molecule has 2 aromatic carbocycles. The molecule has 0 aliphatic carbocycles. The van der Waals surface area contributed by atoms with E-state index in [2.05, 4.69) is 10.3 Å². The summed E-state index contributed by atoms with van der Waals surface area (Å²) < 4.78 is 24.5. The summed E-state index contributed by atoms with van der Waals surface area (Å²) in [4.78, 5) is 28.9. The second-order valence-electron chi connectivity index (χ2n) is 8.32. The first-order chi connectivity index (χ1) is 16.8. The number of ether oxygens (including phenoxy) is 1. The number of nitrogens with one attached hydrogen (secondary N) is 1. The lowest BCUT2D eigenvalue weighted by Crippen LogP contribution is -2.37. The number of piperidine rings is 1. The number of phenols is 1. The van der Waals surface area contributed by atoms with Gasteiger partial charge in [-0.15, -0.1) is 0 Å². The highest BCUT2D eigenvalue weighted by Crippen LogP contribution is 2.32. The number of nitrogens with zero attached hydrogens (tertiary/aromatic N) is 2. The van der Waals surface area contributed by atoms with E-state index in [1.165, 1.54) is 12.6 Å². The molecule has 3 aromatic rings. The number of rotatable bonds is 4. The van der Waals surface area contributed by atoms with Crippen LogP contribution in [0.3, 0.4) is 0 Å². The van der Waals surface area contributed by atoms with Gasteiger partial charge in [0.15, 0.2) is 11.7 Å². The molecule has 0 saturated carbocycles. The van der Waals surface area contributed by atoms with Crippen LogP contribution in [0.1, 0.15) is 41.1 Å². The molecule has 1 unspecified atom stereocenters. The minimum Gasteiger partial charge on any atom is -0.507 e. The number of aryl methyl sites for hydroxylation is 1. The topological polar surface area (TPSA) is 105 Å². The standard InChI is InChI=1S/C18H14ClFN2O3.C7H11NO2/c1-10-21-9-17(25-10)14-6-15(20)13(7-16(14)23)18(24)22-8-11-2-4-12(19)5-3-11;9-7-8-4-2-1-3-6(8)5-10-7/h2-7,9,23H,8H2,1H3,(H,22,24);6H,1-5H2. The first kappa shape index (κ1) is 24.5. The number of hydrogen-bond acceptors (Lipinski definition) is 6. The van der Waals surface area contributed by atoms with Crippen molar-refractivity contribution >= 4 is 23.6 Å². The van der Waals surface area contributed by atoms with Crippen LogP contribution in [-0.2, 0) is 11.3 Å². The molecule has 2 amide bonds. The fraction of sp³-hybridized carbons (Fsp3) is 0.320. The van der Waals surface area contributed by atoms with Gasteiger partial charge in [0.1, 0.15) is 18.2 Å². The second-order valence-corrected chi connectivity index (χ2v) is 8.76. The van der Waals surface area contributed by atoms with Crippen LogP contribution < -0.4 is 5.32 Å². The van der Waals surface area contributed by atoms with Crippen molar-refractivity contribution in [3.63, 3.8) is 0 Å². The zero-order chi connectivity index (χ0) is 24.9. The van der Waals surface area contributed by atoms with Gasteiger partial charge in [-0.25, -0.2) is 14.2 Å². The average Bonchev–Trinajstić information content (AvgIpc) is 3.46. The number of aromatic nitrogens is 1. The Hall–Kier alpha value is -3.59. The van der Waals surface area contributed by atoms with E-state index >= 15 is 0 Å². The summed E-state index contributed by atoms with van der Waals surface area (Å²) in [5.41, 5.74) is 0.690. The lowest BCUT2D eigenvalue weighted by molar-refractivity contribution is 0.0946. The van der Waals surface area contributed by atoms with E-state index in [0.29, 0.717) is 23.6 Å². The summed E-state index contributed by atoms with van der Waals surface area (Å²) in [6, 6.07) is 9.43. The van der Waals surface area contributed by atoms with E-state index in [9.17, 15) is 19.1 Å². The van der Waals surface area contributed by atoms with E-state index in [4.69, 9.17) is 20.8 Å². The predicted molar refractivity (Wildman–Crippen MR) is 127 cm³/mol. The number of amides is 2. The number of carbonyl (C=O) groups excluding carboxylic acids is 2. The highest BCUT2D eigenvalue weighted by atomic mass is 35.5. The Morgan fingerprint density at radius 3 is 2.74 bits per heavy atom. The zero-order valence-corrected chi connectivity index (χ0v) is 19.8. The van der Waals surface area contributed by atoms with Crippen molar-refractivity contribution < 1.29 is 28.2 Å². The van der Waals surface area contributed by atoms with Crippen LogP contribution in [0.2, 0.25) is 5.02 Å². The van der Waals surface area contributed by atoms with Crippen LogP contribution in [0.5, 0.6) is 5.75 Å². The molecular weight excluding hydrogens is 477 g/mol. The highest BCUT2D eigenvalue weighted by Gasteiger charge is 2.34. The van der Waals surface area contributed by atoms with E-state index in [1.54, 1.807) is 31.2 Å². The highest BCUT2D eigenvalue weighted by molar-refractivity contribution is 6.30. The first-order valence-electron chi connectivity index (χ1n) is 11.2. The summed E-state index contributed by atoms with van der Waals surface area (Å²) in [7, 11) is 0. The minimum absolute atomic E-state index is 0.107. The zero-order valence-electron chi connectivity index (χ0n) is 19.1. The molecule has 1 aromatic heterocycles. The molecule has 1 atom stereocenters. The van der Waals surface area contributed by atoms with Gasteiger partial charge in [-0.3, -0.25) is 4.79 Å². The van der Waals surface area contributed by atoms with Gasteiger partial charge in [-0.05, 0) is 49.1 Å². The molecule has 184 valence electrons. The third kappa shape index (κ3) is 5.92. The molecule has 5 rings (SSSR count). The molecule has 0 spiro atoms. The molecular formula is C25H25ClFN3O5. The SMILES string of the molecule is Cc1ncc(-c2cc(F)c(C(=O)NCc3ccc(Cl)cc3)cc2O)o1.O=C1OCC2CCCCN12. The van der Waals surface area contributed by atoms with Gasteiger partial charge in [-0.2, -0.15) is 0 Å². The van der Waals surface area contributed by atoms with Crippen molar-refractivity contribution in [2.45, 2.75) is 38.8 Å². The Labute approximate surface area is 206 Å².